The molecule has 3 aromatic rings. The van der Waals surface area contributed by atoms with Gasteiger partial charge >= 0.3 is 0 Å². The molecule has 29 heavy (non-hydrogen) atoms. The molecule has 2 N–H and O–H groups in total. The Morgan fingerprint density at radius 2 is 1.45 bits per heavy atom. The van der Waals surface area contributed by atoms with E-state index in [2.05, 4.69) is 26.8 Å². The van der Waals surface area contributed by atoms with E-state index in [4.69, 9.17) is 14.2 Å². The molecule has 0 saturated carbocycles. The molecule has 7 nitrogen and oxygen atoms in total. The minimum absolute atomic E-state index is 0.246. The first-order valence-corrected chi connectivity index (χ1v) is 9.50. The molecule has 150 valence electrons. The summed E-state index contributed by atoms with van der Waals surface area (Å²) in [7, 11) is 1.56. The van der Waals surface area contributed by atoms with E-state index >= 15 is 0 Å². The molecular formula is C21H19BrN2O5. The fourth-order valence-corrected chi connectivity index (χ4v) is 3.11. The second-order valence-corrected chi connectivity index (χ2v) is 6.74. The highest BCUT2D eigenvalue weighted by Gasteiger charge is 2.10. The number of methoxy groups -OCH3 is 1. The highest BCUT2D eigenvalue weighted by atomic mass is 79.9. The summed E-state index contributed by atoms with van der Waals surface area (Å²) >= 11 is 3.50. The predicted molar refractivity (Wildman–Crippen MR) is 112 cm³/mol. The number of carbonyl (C=O) groups is 2. The monoisotopic (exact) mass is 458 g/mol. The molecule has 0 unspecified atom stereocenters. The van der Waals surface area contributed by atoms with Gasteiger partial charge in [0.2, 0.25) is 0 Å². The van der Waals surface area contributed by atoms with Gasteiger partial charge in [-0.25, -0.2) is 0 Å². The number of fused-ring (bicyclic) bond motifs is 1. The summed E-state index contributed by atoms with van der Waals surface area (Å²) in [6.07, 6.45) is 0. The number of amides is 2. The van der Waals surface area contributed by atoms with E-state index in [0.717, 1.165) is 15.2 Å². The molecule has 0 atom stereocenters. The van der Waals surface area contributed by atoms with Crippen LogP contribution in [-0.2, 0) is 9.59 Å². The van der Waals surface area contributed by atoms with Crippen molar-refractivity contribution in [1.82, 2.24) is 10.9 Å². The van der Waals surface area contributed by atoms with Crippen LogP contribution in [0.15, 0.2) is 65.1 Å². The molecule has 8 heteroatoms. The van der Waals surface area contributed by atoms with Gasteiger partial charge in [-0.2, -0.15) is 0 Å². The van der Waals surface area contributed by atoms with Crippen molar-refractivity contribution in [3.05, 3.63) is 65.1 Å². The van der Waals surface area contributed by atoms with Crippen molar-refractivity contribution in [2.45, 2.75) is 0 Å². The molecule has 0 aromatic heterocycles. The molecule has 0 saturated heterocycles. The van der Waals surface area contributed by atoms with Crippen LogP contribution in [0, 0.1) is 0 Å². The van der Waals surface area contributed by atoms with Crippen LogP contribution < -0.4 is 25.1 Å². The lowest BCUT2D eigenvalue weighted by Gasteiger charge is -2.11. The summed E-state index contributed by atoms with van der Waals surface area (Å²) in [4.78, 5) is 23.7. The standard InChI is InChI=1S/C21H19BrN2O5/c1-27-15-7-9-16(10-8-15)28-12-19(25)23-24-20(26)13-29-18-11-6-14-4-2-3-5-17(14)21(18)22/h2-11H,12-13H2,1H3,(H,23,25)(H,24,26). The molecule has 3 rings (SSSR count). The van der Waals surface area contributed by atoms with Crippen LogP contribution >= 0.6 is 15.9 Å². The Morgan fingerprint density at radius 3 is 2.14 bits per heavy atom. The molecule has 0 bridgehead atoms. The zero-order valence-electron chi connectivity index (χ0n) is 15.6. The van der Waals surface area contributed by atoms with Gasteiger partial charge in [0.1, 0.15) is 17.2 Å². The van der Waals surface area contributed by atoms with Crippen molar-refractivity contribution in [3.63, 3.8) is 0 Å². The highest BCUT2D eigenvalue weighted by molar-refractivity contribution is 9.10. The summed E-state index contributed by atoms with van der Waals surface area (Å²) in [6, 6.07) is 18.3. The van der Waals surface area contributed by atoms with Gasteiger partial charge in [0.05, 0.1) is 11.6 Å². The van der Waals surface area contributed by atoms with Crippen LogP contribution in [0.25, 0.3) is 10.8 Å². The lowest BCUT2D eigenvalue weighted by atomic mass is 10.1. The number of benzene rings is 3. The fraction of sp³-hybridized carbons (Fsp3) is 0.143. The Hall–Kier alpha value is -3.26. The van der Waals surface area contributed by atoms with Crippen LogP contribution in [0.3, 0.4) is 0 Å². The average molecular weight is 459 g/mol. The number of hydrogen-bond donors (Lipinski definition) is 2. The lowest BCUT2D eigenvalue weighted by Crippen LogP contribution is -2.45. The Bertz CT molecular complexity index is 1010. The van der Waals surface area contributed by atoms with E-state index < -0.39 is 11.8 Å². The van der Waals surface area contributed by atoms with Gasteiger partial charge in [-0.3, -0.25) is 20.4 Å². The van der Waals surface area contributed by atoms with E-state index in [1.54, 1.807) is 37.4 Å². The first kappa shape index (κ1) is 20.5. The third kappa shape index (κ3) is 5.61. The number of hydrogen-bond acceptors (Lipinski definition) is 5. The summed E-state index contributed by atoms with van der Waals surface area (Å²) in [5, 5.41) is 2.04. The normalized spacial score (nSPS) is 10.3. The zero-order chi connectivity index (χ0) is 20.6. The van der Waals surface area contributed by atoms with E-state index in [1.807, 2.05) is 30.3 Å². The first-order chi connectivity index (χ1) is 14.1. The maximum absolute atomic E-state index is 11.9. The quantitative estimate of drug-likeness (QED) is 0.530. The second-order valence-electron chi connectivity index (χ2n) is 5.95. The van der Waals surface area contributed by atoms with Crippen molar-refractivity contribution < 1.29 is 23.8 Å². The van der Waals surface area contributed by atoms with Crippen LogP contribution in [0.1, 0.15) is 0 Å². The van der Waals surface area contributed by atoms with Crippen molar-refractivity contribution in [2.75, 3.05) is 20.3 Å². The minimum Gasteiger partial charge on any atom is -0.497 e. The molecule has 0 aliphatic heterocycles. The second kappa shape index (κ2) is 9.79. The van der Waals surface area contributed by atoms with E-state index in [9.17, 15) is 9.59 Å². The highest BCUT2D eigenvalue weighted by Crippen LogP contribution is 2.32. The van der Waals surface area contributed by atoms with E-state index in [1.165, 1.54) is 0 Å². The summed E-state index contributed by atoms with van der Waals surface area (Å²) in [5.74, 6) is 0.737. The van der Waals surface area contributed by atoms with E-state index in [-0.39, 0.29) is 13.2 Å². The predicted octanol–water partition coefficient (Wildman–Crippen LogP) is 3.22. The SMILES string of the molecule is COc1ccc(OCC(=O)NNC(=O)COc2ccc3ccccc3c2Br)cc1. The Kier molecular flexibility index (Phi) is 6.91. The van der Waals surface area contributed by atoms with Crippen molar-refractivity contribution >= 4 is 38.5 Å². The summed E-state index contributed by atoms with van der Waals surface area (Å²) in [6.45, 7) is -0.500. The molecule has 2 amide bonds. The van der Waals surface area contributed by atoms with Crippen molar-refractivity contribution in [3.8, 4) is 17.2 Å². The fourth-order valence-electron chi connectivity index (χ4n) is 2.50. The average Bonchev–Trinajstić information content (AvgIpc) is 2.76. The number of hydrazine groups is 1. The minimum atomic E-state index is -0.499. The molecule has 0 aliphatic carbocycles. The Labute approximate surface area is 176 Å². The Balaban J connectivity index is 1.42. The molecule has 0 spiro atoms. The Morgan fingerprint density at radius 1 is 0.828 bits per heavy atom. The largest absolute Gasteiger partial charge is 0.497 e. The van der Waals surface area contributed by atoms with Gasteiger partial charge in [-0.05, 0) is 57.0 Å². The van der Waals surface area contributed by atoms with Gasteiger partial charge in [-0.15, -0.1) is 0 Å². The topological polar surface area (TPSA) is 85.9 Å². The van der Waals surface area contributed by atoms with Gasteiger partial charge in [-0.1, -0.05) is 30.3 Å². The maximum Gasteiger partial charge on any atom is 0.276 e. The van der Waals surface area contributed by atoms with Gasteiger partial charge in [0, 0.05) is 0 Å². The molecule has 0 fully saturated rings. The third-order valence-electron chi connectivity index (χ3n) is 3.96. The number of halogens is 1. The smallest absolute Gasteiger partial charge is 0.276 e. The van der Waals surface area contributed by atoms with Crippen molar-refractivity contribution in [1.29, 1.82) is 0 Å². The van der Waals surface area contributed by atoms with Crippen LogP contribution in [0.2, 0.25) is 0 Å². The maximum atomic E-state index is 11.9. The molecule has 3 aromatic carbocycles. The van der Waals surface area contributed by atoms with Crippen molar-refractivity contribution in [2.24, 2.45) is 0 Å². The van der Waals surface area contributed by atoms with Crippen LogP contribution in [0.4, 0.5) is 0 Å². The lowest BCUT2D eigenvalue weighted by molar-refractivity contribution is -0.131. The number of nitrogens with one attached hydrogen (secondary N) is 2. The van der Waals surface area contributed by atoms with Crippen LogP contribution in [0.5, 0.6) is 17.2 Å². The van der Waals surface area contributed by atoms with E-state index in [0.29, 0.717) is 17.2 Å². The van der Waals surface area contributed by atoms with Crippen LogP contribution in [-0.4, -0.2) is 32.1 Å². The van der Waals surface area contributed by atoms with Gasteiger partial charge in [0.15, 0.2) is 13.2 Å². The molecule has 0 aliphatic rings. The third-order valence-corrected chi connectivity index (χ3v) is 4.78. The summed E-state index contributed by atoms with van der Waals surface area (Å²) < 4.78 is 16.7. The number of carbonyl (C=O) groups excluding carboxylic acids is 2. The summed E-state index contributed by atoms with van der Waals surface area (Å²) in [5.41, 5.74) is 4.56. The molecule has 0 radical (unpaired) electrons. The zero-order valence-corrected chi connectivity index (χ0v) is 17.2. The number of ether oxygens (including phenoxy) is 3. The molecular weight excluding hydrogens is 440 g/mol. The molecule has 0 heterocycles. The first-order valence-electron chi connectivity index (χ1n) is 8.71. The number of rotatable bonds is 7. The van der Waals surface area contributed by atoms with Gasteiger partial charge in [0.25, 0.3) is 11.8 Å². The van der Waals surface area contributed by atoms with Gasteiger partial charge < -0.3 is 14.2 Å².